The molecule has 0 radical (unpaired) electrons. The predicted octanol–water partition coefficient (Wildman–Crippen LogP) is 1.27. The molecule has 2 fully saturated rings. The summed E-state index contributed by atoms with van der Waals surface area (Å²) in [4.78, 5) is 6.87. The maximum atomic E-state index is 5.98. The zero-order chi connectivity index (χ0) is 17.5. The van der Waals surface area contributed by atoms with Crippen molar-refractivity contribution in [3.05, 3.63) is 29.8 Å². The van der Waals surface area contributed by atoms with Crippen LogP contribution >= 0.6 is 0 Å². The molecule has 2 aliphatic rings. The minimum absolute atomic E-state index is 0.245. The standard InChI is InChI=1S/C19H30N4O2/c1-20-19(21-10-9-15-5-7-17(24-2)8-6-15)22-12-18-13-23-11-3-4-16(23)14-25-18/h5-8,16,18H,3-4,9-14H2,1-2H3,(H2,20,21,22). The van der Waals surface area contributed by atoms with Crippen molar-refractivity contribution in [3.8, 4) is 5.75 Å². The number of morpholine rings is 1. The highest BCUT2D eigenvalue weighted by Crippen LogP contribution is 2.22. The Morgan fingerprint density at radius 2 is 2.16 bits per heavy atom. The van der Waals surface area contributed by atoms with Gasteiger partial charge in [0, 0.05) is 32.7 Å². The first-order chi connectivity index (χ1) is 12.3. The molecular weight excluding hydrogens is 316 g/mol. The zero-order valence-corrected chi connectivity index (χ0v) is 15.3. The van der Waals surface area contributed by atoms with E-state index >= 15 is 0 Å². The Hall–Kier alpha value is -1.79. The molecule has 0 spiro atoms. The van der Waals surface area contributed by atoms with E-state index in [1.54, 1.807) is 14.2 Å². The first kappa shape index (κ1) is 18.0. The molecule has 2 unspecified atom stereocenters. The van der Waals surface area contributed by atoms with Crippen LogP contribution in [-0.4, -0.2) is 69.9 Å². The molecule has 0 aromatic heterocycles. The lowest BCUT2D eigenvalue weighted by Crippen LogP contribution is -2.51. The second kappa shape index (κ2) is 9.06. The van der Waals surface area contributed by atoms with Gasteiger partial charge in [0.25, 0.3) is 0 Å². The van der Waals surface area contributed by atoms with Crippen LogP contribution in [0.5, 0.6) is 5.75 Å². The summed E-state index contributed by atoms with van der Waals surface area (Å²) >= 11 is 0. The van der Waals surface area contributed by atoms with E-state index in [1.807, 2.05) is 12.1 Å². The Kier molecular flexibility index (Phi) is 6.53. The number of hydrogen-bond donors (Lipinski definition) is 2. The van der Waals surface area contributed by atoms with Gasteiger partial charge in [0.2, 0.25) is 0 Å². The smallest absolute Gasteiger partial charge is 0.191 e. The second-order valence-electron chi connectivity index (χ2n) is 6.72. The van der Waals surface area contributed by atoms with E-state index in [2.05, 4.69) is 32.7 Å². The van der Waals surface area contributed by atoms with Crippen LogP contribution in [0.25, 0.3) is 0 Å². The van der Waals surface area contributed by atoms with E-state index < -0.39 is 0 Å². The molecule has 1 aromatic carbocycles. The third-order valence-corrected chi connectivity index (χ3v) is 5.05. The third-order valence-electron chi connectivity index (χ3n) is 5.05. The van der Waals surface area contributed by atoms with Gasteiger partial charge >= 0.3 is 0 Å². The summed E-state index contributed by atoms with van der Waals surface area (Å²) < 4.78 is 11.2. The summed E-state index contributed by atoms with van der Waals surface area (Å²) in [5.74, 6) is 1.72. The number of ether oxygens (including phenoxy) is 2. The van der Waals surface area contributed by atoms with Crippen LogP contribution in [0.1, 0.15) is 18.4 Å². The van der Waals surface area contributed by atoms with Gasteiger partial charge in [0.1, 0.15) is 5.75 Å². The molecule has 138 valence electrons. The van der Waals surface area contributed by atoms with Gasteiger partial charge in [-0.3, -0.25) is 9.89 Å². The topological polar surface area (TPSA) is 58.1 Å². The molecule has 0 saturated carbocycles. The van der Waals surface area contributed by atoms with E-state index in [4.69, 9.17) is 9.47 Å². The van der Waals surface area contributed by atoms with Crippen LogP contribution in [0.15, 0.2) is 29.3 Å². The number of methoxy groups -OCH3 is 1. The number of guanidine groups is 1. The van der Waals surface area contributed by atoms with E-state index in [0.29, 0.717) is 6.04 Å². The van der Waals surface area contributed by atoms with Gasteiger partial charge < -0.3 is 20.1 Å². The summed E-state index contributed by atoms with van der Waals surface area (Å²) in [6, 6.07) is 8.83. The van der Waals surface area contributed by atoms with E-state index in [1.165, 1.54) is 24.9 Å². The molecule has 2 heterocycles. The molecule has 6 heteroatoms. The lowest BCUT2D eigenvalue weighted by Gasteiger charge is -2.35. The predicted molar refractivity (Wildman–Crippen MR) is 100 cm³/mol. The van der Waals surface area contributed by atoms with Crippen molar-refractivity contribution < 1.29 is 9.47 Å². The van der Waals surface area contributed by atoms with Crippen LogP contribution in [0.3, 0.4) is 0 Å². The Morgan fingerprint density at radius 3 is 2.92 bits per heavy atom. The van der Waals surface area contributed by atoms with Crippen molar-refractivity contribution in [2.24, 2.45) is 4.99 Å². The lowest BCUT2D eigenvalue weighted by atomic mass is 10.1. The minimum atomic E-state index is 0.245. The number of nitrogens with zero attached hydrogens (tertiary/aromatic N) is 2. The average molecular weight is 346 g/mol. The molecule has 1 aromatic rings. The van der Waals surface area contributed by atoms with Gasteiger partial charge in [-0.2, -0.15) is 0 Å². The van der Waals surface area contributed by atoms with Crippen molar-refractivity contribution in [2.45, 2.75) is 31.4 Å². The van der Waals surface area contributed by atoms with Crippen molar-refractivity contribution >= 4 is 5.96 Å². The van der Waals surface area contributed by atoms with Gasteiger partial charge in [-0.25, -0.2) is 0 Å². The van der Waals surface area contributed by atoms with Crippen molar-refractivity contribution in [1.82, 2.24) is 15.5 Å². The fourth-order valence-corrected chi connectivity index (χ4v) is 3.56. The van der Waals surface area contributed by atoms with E-state index in [9.17, 15) is 0 Å². The molecule has 2 aliphatic heterocycles. The maximum Gasteiger partial charge on any atom is 0.191 e. The highest BCUT2D eigenvalue weighted by Gasteiger charge is 2.32. The van der Waals surface area contributed by atoms with Crippen LogP contribution in [0.2, 0.25) is 0 Å². The number of hydrogen-bond acceptors (Lipinski definition) is 4. The molecule has 6 nitrogen and oxygen atoms in total. The number of benzene rings is 1. The highest BCUT2D eigenvalue weighted by atomic mass is 16.5. The second-order valence-corrected chi connectivity index (χ2v) is 6.72. The van der Waals surface area contributed by atoms with Gasteiger partial charge in [0.15, 0.2) is 5.96 Å². The molecule has 0 bridgehead atoms. The molecule has 2 N–H and O–H groups in total. The van der Waals surface area contributed by atoms with Crippen molar-refractivity contribution in [1.29, 1.82) is 0 Å². The normalized spacial score (nSPS) is 24.0. The first-order valence-electron chi connectivity index (χ1n) is 9.21. The summed E-state index contributed by atoms with van der Waals surface area (Å²) in [5.41, 5.74) is 1.28. The van der Waals surface area contributed by atoms with Crippen molar-refractivity contribution in [3.63, 3.8) is 0 Å². The SMILES string of the molecule is CN=C(NCCc1ccc(OC)cc1)NCC1CN2CCCC2CO1. The van der Waals surface area contributed by atoms with Gasteiger partial charge in [0.05, 0.1) is 19.8 Å². The molecule has 25 heavy (non-hydrogen) atoms. The van der Waals surface area contributed by atoms with Crippen LogP contribution < -0.4 is 15.4 Å². The summed E-state index contributed by atoms with van der Waals surface area (Å²) in [6.07, 6.45) is 3.78. The number of nitrogens with one attached hydrogen (secondary N) is 2. The fourth-order valence-electron chi connectivity index (χ4n) is 3.56. The minimum Gasteiger partial charge on any atom is -0.497 e. The number of rotatable bonds is 6. The molecule has 0 aliphatic carbocycles. The van der Waals surface area contributed by atoms with E-state index in [-0.39, 0.29) is 6.10 Å². The third kappa shape index (κ3) is 5.09. The number of fused-ring (bicyclic) bond motifs is 1. The zero-order valence-electron chi connectivity index (χ0n) is 15.3. The molecule has 0 amide bonds. The Balaban J connectivity index is 1.36. The summed E-state index contributed by atoms with van der Waals surface area (Å²) in [6.45, 7) is 4.76. The summed E-state index contributed by atoms with van der Waals surface area (Å²) in [5, 5.41) is 6.76. The Labute approximate surface area is 150 Å². The number of aliphatic imine (C=N–C) groups is 1. The lowest BCUT2D eigenvalue weighted by molar-refractivity contribution is -0.0453. The van der Waals surface area contributed by atoms with E-state index in [0.717, 1.165) is 44.4 Å². The summed E-state index contributed by atoms with van der Waals surface area (Å²) in [7, 11) is 3.49. The van der Waals surface area contributed by atoms with Crippen LogP contribution in [0, 0.1) is 0 Å². The Bertz CT molecular complexity index is 561. The first-order valence-corrected chi connectivity index (χ1v) is 9.21. The van der Waals surface area contributed by atoms with Crippen molar-refractivity contribution in [2.75, 3.05) is 46.9 Å². The molecular formula is C19H30N4O2. The largest absolute Gasteiger partial charge is 0.497 e. The van der Waals surface area contributed by atoms with Crippen LogP contribution in [0.4, 0.5) is 0 Å². The van der Waals surface area contributed by atoms with Gasteiger partial charge in [-0.05, 0) is 43.5 Å². The highest BCUT2D eigenvalue weighted by molar-refractivity contribution is 5.79. The van der Waals surface area contributed by atoms with Crippen LogP contribution in [-0.2, 0) is 11.2 Å². The monoisotopic (exact) mass is 346 g/mol. The Morgan fingerprint density at radius 1 is 1.32 bits per heavy atom. The molecule has 3 rings (SSSR count). The maximum absolute atomic E-state index is 5.98. The van der Waals surface area contributed by atoms with Gasteiger partial charge in [-0.15, -0.1) is 0 Å². The molecule has 2 atom stereocenters. The van der Waals surface area contributed by atoms with Gasteiger partial charge in [-0.1, -0.05) is 12.1 Å². The fraction of sp³-hybridized carbons (Fsp3) is 0.632. The molecule has 2 saturated heterocycles. The average Bonchev–Trinajstić information content (AvgIpc) is 3.12. The quantitative estimate of drug-likeness (QED) is 0.600.